The first-order chi connectivity index (χ1) is 4.75. The molecule has 9 heteroatoms. The summed E-state index contributed by atoms with van der Waals surface area (Å²) in [5, 5.41) is 9.84. The van der Waals surface area contributed by atoms with Gasteiger partial charge in [-0.25, -0.2) is 0 Å². The van der Waals surface area contributed by atoms with Crippen LogP contribution in [0.15, 0.2) is 5.18 Å². The molecule has 0 aliphatic rings. The second-order valence-corrected chi connectivity index (χ2v) is 1.43. The van der Waals surface area contributed by atoms with Crippen molar-refractivity contribution in [1.29, 1.82) is 0 Å². The summed E-state index contributed by atoms with van der Waals surface area (Å²) in [6.07, 6.45) is 0. The quantitative estimate of drug-likeness (QED) is 0.213. The normalized spacial score (nSPS) is 12.7. The maximum atomic E-state index is 11.6. The molecule has 0 aliphatic heterocycles. The third-order valence-corrected chi connectivity index (χ3v) is 0.706. The fourth-order valence-corrected chi connectivity index (χ4v) is 0.165. The summed E-state index contributed by atoms with van der Waals surface area (Å²) in [6, 6.07) is -11.1. The first-order valence-corrected chi connectivity index (χ1v) is 2.00. The highest BCUT2D eigenvalue weighted by Gasteiger charge is 2.71. The van der Waals surface area contributed by atoms with E-state index in [-0.39, 0.29) is 0 Å². The Balaban J connectivity index is 4.81. The smallest absolute Gasteiger partial charge is 0.259 e. The molecule has 0 rings (SSSR count). The van der Waals surface area contributed by atoms with E-state index < -0.39 is 17.0 Å². The van der Waals surface area contributed by atoms with Gasteiger partial charge < -0.3 is 0 Å². The number of nitro groups is 1. The van der Waals surface area contributed by atoms with E-state index in [1.807, 2.05) is 0 Å². The number of nitroso groups, excluding NO2 is 1. The van der Waals surface area contributed by atoms with Crippen LogP contribution >= 0.6 is 0 Å². The van der Waals surface area contributed by atoms with Crippen molar-refractivity contribution in [1.82, 2.24) is 0 Å². The molecule has 0 spiro atoms. The summed E-state index contributed by atoms with van der Waals surface area (Å²) < 4.78 is 46.2. The minimum atomic E-state index is -5.64. The van der Waals surface area contributed by atoms with Gasteiger partial charge in [0.1, 0.15) is 4.92 Å². The van der Waals surface area contributed by atoms with Crippen LogP contribution < -0.4 is 0 Å². The average Bonchev–Trinajstić information content (AvgIpc) is 1.87. The molecule has 0 aromatic carbocycles. The zero-order chi connectivity index (χ0) is 9.28. The molecule has 0 aromatic heterocycles. The molecule has 0 amide bonds. The van der Waals surface area contributed by atoms with Crippen molar-refractivity contribution in [2.45, 2.75) is 12.1 Å². The van der Waals surface area contributed by atoms with Crippen LogP contribution in [-0.2, 0) is 0 Å². The van der Waals surface area contributed by atoms with E-state index in [2.05, 4.69) is 0 Å². The number of hydrogen-bond acceptors (Lipinski definition) is 4. The lowest BCUT2D eigenvalue weighted by Gasteiger charge is -2.10. The number of alkyl halides is 4. The van der Waals surface area contributed by atoms with Gasteiger partial charge >= 0.3 is 12.1 Å². The molecule has 11 heavy (non-hydrogen) atoms. The lowest BCUT2D eigenvalue weighted by atomic mass is 10.5. The van der Waals surface area contributed by atoms with Crippen LogP contribution in [0.2, 0.25) is 0 Å². The van der Waals surface area contributed by atoms with E-state index in [9.17, 15) is 27.7 Å². The molecule has 5 nitrogen and oxygen atoms in total. The maximum absolute atomic E-state index is 11.6. The van der Waals surface area contributed by atoms with Gasteiger partial charge in [-0.2, -0.15) is 8.78 Å². The fraction of sp³-hybridized carbons (Fsp3) is 1.00. The first-order valence-electron chi connectivity index (χ1n) is 2.00. The van der Waals surface area contributed by atoms with E-state index in [1.165, 1.54) is 0 Å². The second kappa shape index (κ2) is 2.40. The SMILES string of the molecule is O=NC(F)(F)C(F)(F)[N+](=O)[O-]. The topological polar surface area (TPSA) is 72.6 Å². The molecule has 0 radical (unpaired) electrons. The van der Waals surface area contributed by atoms with Crippen molar-refractivity contribution in [3.8, 4) is 0 Å². The maximum Gasteiger partial charge on any atom is 0.602 e. The molecule has 0 saturated carbocycles. The molecule has 0 aliphatic carbocycles. The number of rotatable bonds is 3. The van der Waals surface area contributed by atoms with Gasteiger partial charge in [0.15, 0.2) is 0 Å². The molecule has 0 heterocycles. The number of nitrogens with zero attached hydrogens (tertiary/aromatic N) is 2. The Labute approximate surface area is 56.1 Å². The van der Waals surface area contributed by atoms with Gasteiger partial charge in [-0.15, -0.1) is 13.7 Å². The predicted octanol–water partition coefficient (Wildman–Crippen LogP) is 1.22. The molecule has 64 valence electrons. The Morgan fingerprint density at radius 2 is 1.64 bits per heavy atom. The zero-order valence-corrected chi connectivity index (χ0v) is 4.63. The summed E-state index contributed by atoms with van der Waals surface area (Å²) in [5.74, 6) is 0. The Morgan fingerprint density at radius 1 is 1.27 bits per heavy atom. The van der Waals surface area contributed by atoms with Crippen molar-refractivity contribution in [2.24, 2.45) is 5.18 Å². The fourth-order valence-electron chi connectivity index (χ4n) is 0.165. The van der Waals surface area contributed by atoms with Crippen molar-refractivity contribution >= 4 is 0 Å². The minimum Gasteiger partial charge on any atom is -0.259 e. The molecule has 0 fully saturated rings. The van der Waals surface area contributed by atoms with Crippen LogP contribution in [0, 0.1) is 15.0 Å². The largest absolute Gasteiger partial charge is 0.602 e. The Kier molecular flexibility index (Phi) is 2.12. The van der Waals surface area contributed by atoms with E-state index in [1.54, 1.807) is 0 Å². The highest BCUT2D eigenvalue weighted by molar-refractivity contribution is 4.71. The molecule has 0 N–H and O–H groups in total. The third-order valence-electron chi connectivity index (χ3n) is 0.706. The van der Waals surface area contributed by atoms with Crippen molar-refractivity contribution in [2.75, 3.05) is 0 Å². The molecule has 0 unspecified atom stereocenters. The van der Waals surface area contributed by atoms with Crippen LogP contribution in [0.4, 0.5) is 17.6 Å². The van der Waals surface area contributed by atoms with E-state index in [4.69, 9.17) is 4.91 Å². The van der Waals surface area contributed by atoms with E-state index in [0.29, 0.717) is 5.18 Å². The Morgan fingerprint density at radius 3 is 1.73 bits per heavy atom. The van der Waals surface area contributed by atoms with Crippen LogP contribution in [0.5, 0.6) is 0 Å². The summed E-state index contributed by atoms with van der Waals surface area (Å²) in [7, 11) is 0. The minimum absolute atomic E-state index is 0.638. The monoisotopic (exact) mass is 176 g/mol. The van der Waals surface area contributed by atoms with Gasteiger partial charge in [0.2, 0.25) is 0 Å². The first kappa shape index (κ1) is 9.72. The standard InChI is InChI=1S/C2F4N2O3/c3-1(4,7-9)2(5,6)8(10)11. The molecular weight excluding hydrogens is 176 g/mol. The summed E-state index contributed by atoms with van der Waals surface area (Å²) in [5.41, 5.74) is 0. The van der Waals surface area contributed by atoms with E-state index in [0.717, 1.165) is 0 Å². The summed E-state index contributed by atoms with van der Waals surface area (Å²) in [4.78, 5) is 15.6. The van der Waals surface area contributed by atoms with Crippen molar-refractivity contribution < 1.29 is 22.5 Å². The summed E-state index contributed by atoms with van der Waals surface area (Å²) in [6.45, 7) is 0. The molecule has 0 bridgehead atoms. The van der Waals surface area contributed by atoms with Gasteiger partial charge in [0.25, 0.3) is 0 Å². The lowest BCUT2D eigenvalue weighted by Crippen LogP contribution is -2.45. The van der Waals surface area contributed by atoms with Crippen LogP contribution in [0.1, 0.15) is 0 Å². The number of hydrogen-bond donors (Lipinski definition) is 0. The Hall–Kier alpha value is -1.28. The number of halogens is 4. The molecular formula is C2F4N2O3. The highest BCUT2D eigenvalue weighted by atomic mass is 19.3. The second-order valence-electron chi connectivity index (χ2n) is 1.43. The Bertz CT molecular complexity index is 192. The molecule has 0 aromatic rings. The summed E-state index contributed by atoms with van der Waals surface area (Å²) >= 11 is 0. The third kappa shape index (κ3) is 1.41. The van der Waals surface area contributed by atoms with Gasteiger partial charge in [0.05, 0.1) is 0 Å². The van der Waals surface area contributed by atoms with Crippen LogP contribution in [0.3, 0.4) is 0 Å². The zero-order valence-electron chi connectivity index (χ0n) is 4.63. The van der Waals surface area contributed by atoms with Gasteiger partial charge in [-0.05, 0) is 0 Å². The predicted molar refractivity (Wildman–Crippen MR) is 22.7 cm³/mol. The van der Waals surface area contributed by atoms with Gasteiger partial charge in [0, 0.05) is 5.18 Å². The van der Waals surface area contributed by atoms with Gasteiger partial charge in [-0.1, -0.05) is 0 Å². The van der Waals surface area contributed by atoms with Crippen molar-refractivity contribution in [3.63, 3.8) is 0 Å². The highest BCUT2D eigenvalue weighted by Crippen LogP contribution is 2.35. The molecule has 0 saturated heterocycles. The molecule has 0 atom stereocenters. The van der Waals surface area contributed by atoms with Crippen LogP contribution in [0.25, 0.3) is 0 Å². The van der Waals surface area contributed by atoms with Crippen LogP contribution in [-0.4, -0.2) is 17.0 Å². The lowest BCUT2D eigenvalue weighted by molar-refractivity contribution is -0.674. The van der Waals surface area contributed by atoms with Crippen molar-refractivity contribution in [3.05, 3.63) is 15.0 Å². The average molecular weight is 176 g/mol. The van der Waals surface area contributed by atoms with E-state index >= 15 is 0 Å². The van der Waals surface area contributed by atoms with Gasteiger partial charge in [-0.3, -0.25) is 10.1 Å².